The predicted molar refractivity (Wildman–Crippen MR) is 109 cm³/mol. The van der Waals surface area contributed by atoms with Crippen LogP contribution in [-0.2, 0) is 4.43 Å². The van der Waals surface area contributed by atoms with Crippen LogP contribution in [0.1, 0.15) is 96.3 Å². The monoisotopic (exact) mass is 340 g/mol. The van der Waals surface area contributed by atoms with Crippen molar-refractivity contribution in [3.63, 3.8) is 0 Å². The Bertz CT molecular complexity index is 250. The Kier molecular flexibility index (Phi) is 16.7. The van der Waals surface area contributed by atoms with Gasteiger partial charge in [-0.3, -0.25) is 0 Å². The van der Waals surface area contributed by atoms with E-state index in [1.807, 2.05) is 13.2 Å². The molecule has 0 unspecified atom stereocenters. The largest absolute Gasteiger partial charge is 0.420 e. The summed E-state index contributed by atoms with van der Waals surface area (Å²) < 4.78 is 5.60. The summed E-state index contributed by atoms with van der Waals surface area (Å²) in [6.45, 7) is 8.43. The van der Waals surface area contributed by atoms with Gasteiger partial charge < -0.3 is 4.43 Å². The number of allylic oxidation sites excluding steroid dienone is 1. The Labute approximate surface area is 148 Å². The van der Waals surface area contributed by atoms with Crippen molar-refractivity contribution in [3.05, 3.63) is 12.7 Å². The van der Waals surface area contributed by atoms with Gasteiger partial charge in [0.15, 0.2) is 8.32 Å². The zero-order valence-corrected chi connectivity index (χ0v) is 17.5. The van der Waals surface area contributed by atoms with Crippen LogP contribution in [0, 0.1) is 0 Å². The minimum atomic E-state index is -1.29. The highest BCUT2D eigenvalue weighted by atomic mass is 28.4. The molecule has 0 amide bonds. The Morgan fingerprint density at radius 3 is 1.35 bits per heavy atom. The highest BCUT2D eigenvalue weighted by Crippen LogP contribution is 2.17. The van der Waals surface area contributed by atoms with Crippen LogP contribution in [-0.4, -0.2) is 15.4 Å². The Hall–Kier alpha value is -0.0831. The summed E-state index contributed by atoms with van der Waals surface area (Å²) in [5.74, 6) is 0. The summed E-state index contributed by atoms with van der Waals surface area (Å²) >= 11 is 0. The van der Waals surface area contributed by atoms with Gasteiger partial charge in [0.05, 0.1) is 0 Å². The van der Waals surface area contributed by atoms with Crippen molar-refractivity contribution in [2.24, 2.45) is 0 Å². The summed E-state index contributed by atoms with van der Waals surface area (Å²) in [6, 6.07) is 1.33. The summed E-state index contributed by atoms with van der Waals surface area (Å²) in [4.78, 5) is 0. The van der Waals surface area contributed by atoms with Crippen LogP contribution in [0.5, 0.6) is 0 Å². The molecule has 0 aromatic carbocycles. The second kappa shape index (κ2) is 16.8. The van der Waals surface area contributed by atoms with E-state index in [9.17, 15) is 0 Å². The number of hydrogen-bond donors (Lipinski definition) is 0. The fraction of sp³-hybridized carbons (Fsp3) is 0.905. The van der Waals surface area contributed by atoms with E-state index in [1.54, 1.807) is 0 Å². The molecule has 2 heteroatoms. The fourth-order valence-corrected chi connectivity index (χ4v) is 4.37. The molecule has 138 valence electrons. The quantitative estimate of drug-likeness (QED) is 0.140. The van der Waals surface area contributed by atoms with Crippen LogP contribution in [0.15, 0.2) is 12.7 Å². The lowest BCUT2D eigenvalue weighted by atomic mass is 10.0. The molecule has 0 N–H and O–H groups in total. The first-order valence-corrected chi connectivity index (χ1v) is 13.4. The zero-order chi connectivity index (χ0) is 17.2. The highest BCUT2D eigenvalue weighted by molar-refractivity contribution is 6.71. The lowest BCUT2D eigenvalue weighted by Crippen LogP contribution is -2.27. The SMILES string of the molecule is C=CCCCCCCCCCCCCCCCC[Si](C)(C)OC. The van der Waals surface area contributed by atoms with Gasteiger partial charge in [-0.25, -0.2) is 0 Å². The standard InChI is InChI=1S/C21H44OSi/c1-5-6-7-8-9-10-11-12-13-14-15-16-17-18-19-20-21-23(3,4)22-2/h5H,1,6-21H2,2-4H3. The lowest BCUT2D eigenvalue weighted by molar-refractivity contribution is 0.400. The van der Waals surface area contributed by atoms with Crippen LogP contribution < -0.4 is 0 Å². The van der Waals surface area contributed by atoms with Gasteiger partial charge >= 0.3 is 0 Å². The minimum absolute atomic E-state index is 1.20. The molecule has 0 rings (SSSR count). The van der Waals surface area contributed by atoms with Crippen molar-refractivity contribution >= 4 is 8.32 Å². The normalized spacial score (nSPS) is 11.8. The Balaban J connectivity index is 3.07. The molecule has 0 aliphatic heterocycles. The first-order chi connectivity index (χ1) is 11.1. The molecule has 0 atom stereocenters. The number of hydrogen-bond acceptors (Lipinski definition) is 1. The molecule has 0 saturated carbocycles. The fourth-order valence-electron chi connectivity index (χ4n) is 3.06. The van der Waals surface area contributed by atoms with E-state index in [4.69, 9.17) is 4.43 Å². The van der Waals surface area contributed by atoms with Crippen LogP contribution in [0.2, 0.25) is 19.1 Å². The minimum Gasteiger partial charge on any atom is -0.420 e. The summed E-state index contributed by atoms with van der Waals surface area (Å²) in [7, 11) is 0.595. The second-order valence-corrected chi connectivity index (χ2v) is 12.2. The smallest absolute Gasteiger partial charge is 0.186 e. The van der Waals surface area contributed by atoms with E-state index in [-0.39, 0.29) is 0 Å². The van der Waals surface area contributed by atoms with Crippen molar-refractivity contribution in [3.8, 4) is 0 Å². The second-order valence-electron chi connectivity index (χ2n) is 7.74. The molecule has 1 nitrogen and oxygen atoms in total. The molecule has 0 saturated heterocycles. The van der Waals surface area contributed by atoms with Crippen LogP contribution in [0.25, 0.3) is 0 Å². The van der Waals surface area contributed by atoms with Gasteiger partial charge in [0.1, 0.15) is 0 Å². The zero-order valence-electron chi connectivity index (χ0n) is 16.5. The van der Waals surface area contributed by atoms with Crippen molar-refractivity contribution in [2.45, 2.75) is 115 Å². The van der Waals surface area contributed by atoms with E-state index in [0.29, 0.717) is 0 Å². The number of rotatable bonds is 18. The van der Waals surface area contributed by atoms with E-state index in [0.717, 1.165) is 0 Å². The topological polar surface area (TPSA) is 9.23 Å². The van der Waals surface area contributed by atoms with Gasteiger partial charge in [-0.2, -0.15) is 0 Å². The third-order valence-electron chi connectivity index (χ3n) is 4.99. The van der Waals surface area contributed by atoms with Crippen molar-refractivity contribution < 1.29 is 4.43 Å². The molecule has 0 bridgehead atoms. The van der Waals surface area contributed by atoms with Gasteiger partial charge in [0, 0.05) is 7.11 Å². The van der Waals surface area contributed by atoms with Gasteiger partial charge in [-0.1, -0.05) is 89.5 Å². The van der Waals surface area contributed by atoms with Gasteiger partial charge in [0.2, 0.25) is 0 Å². The molecule has 0 aromatic rings. The van der Waals surface area contributed by atoms with E-state index in [2.05, 4.69) is 19.7 Å². The highest BCUT2D eigenvalue weighted by Gasteiger charge is 2.18. The Morgan fingerprint density at radius 2 is 1.00 bits per heavy atom. The van der Waals surface area contributed by atoms with Gasteiger partial charge in [0.25, 0.3) is 0 Å². The molecular weight excluding hydrogens is 296 g/mol. The molecule has 0 radical (unpaired) electrons. The van der Waals surface area contributed by atoms with Crippen LogP contribution in [0.3, 0.4) is 0 Å². The molecule has 0 spiro atoms. The Morgan fingerprint density at radius 1 is 0.652 bits per heavy atom. The average molecular weight is 341 g/mol. The van der Waals surface area contributed by atoms with Gasteiger partial charge in [-0.05, 0) is 32.0 Å². The summed E-state index contributed by atoms with van der Waals surface area (Å²) in [5.41, 5.74) is 0. The van der Waals surface area contributed by atoms with Gasteiger partial charge in [-0.15, -0.1) is 6.58 Å². The third kappa shape index (κ3) is 18.1. The van der Waals surface area contributed by atoms with E-state index in [1.165, 1.54) is 102 Å². The van der Waals surface area contributed by atoms with Crippen LogP contribution >= 0.6 is 0 Å². The van der Waals surface area contributed by atoms with E-state index >= 15 is 0 Å². The summed E-state index contributed by atoms with van der Waals surface area (Å²) in [5, 5.41) is 0. The molecular formula is C21H44OSi. The maximum Gasteiger partial charge on any atom is 0.186 e. The van der Waals surface area contributed by atoms with Crippen molar-refractivity contribution in [1.82, 2.24) is 0 Å². The third-order valence-corrected chi connectivity index (χ3v) is 7.65. The summed E-state index contributed by atoms with van der Waals surface area (Å²) in [6.07, 6.45) is 23.2. The van der Waals surface area contributed by atoms with Crippen molar-refractivity contribution in [2.75, 3.05) is 7.11 Å². The first kappa shape index (κ1) is 22.9. The lowest BCUT2D eigenvalue weighted by Gasteiger charge is -2.19. The average Bonchev–Trinajstić information content (AvgIpc) is 2.54. The molecule has 0 heterocycles. The first-order valence-electron chi connectivity index (χ1n) is 10.3. The van der Waals surface area contributed by atoms with Crippen molar-refractivity contribution in [1.29, 1.82) is 0 Å². The van der Waals surface area contributed by atoms with Crippen LogP contribution in [0.4, 0.5) is 0 Å². The number of unbranched alkanes of at least 4 members (excludes halogenated alkanes) is 14. The molecule has 23 heavy (non-hydrogen) atoms. The van der Waals surface area contributed by atoms with E-state index < -0.39 is 8.32 Å². The molecule has 0 aliphatic rings. The molecule has 0 aromatic heterocycles. The molecule has 0 aliphatic carbocycles. The maximum atomic E-state index is 5.60. The molecule has 0 fully saturated rings. The predicted octanol–water partition coefficient (Wildman–Crippen LogP) is 7.88. The maximum absolute atomic E-state index is 5.60.